The Bertz CT molecular complexity index is 1580. The molecule has 0 radical (unpaired) electrons. The average Bonchev–Trinajstić information content (AvgIpc) is 3.21. The molecule has 0 atom stereocenters. The molecular formula is C29H26BrN3O6. The van der Waals surface area contributed by atoms with Crippen LogP contribution in [0.3, 0.4) is 0 Å². The number of carboxylic acid groups (broad SMARTS) is 1. The number of rotatable bonds is 9. The zero-order valence-corrected chi connectivity index (χ0v) is 22.9. The Kier molecular flexibility index (Phi) is 8.58. The monoisotopic (exact) mass is 591 g/mol. The van der Waals surface area contributed by atoms with Gasteiger partial charge in [0.15, 0.2) is 0 Å². The number of fused-ring (bicyclic) bond motifs is 1. The molecule has 0 aliphatic carbocycles. The molecule has 9 nitrogen and oxygen atoms in total. The highest BCUT2D eigenvalue weighted by Gasteiger charge is 2.26. The number of alkyl halides is 1. The van der Waals surface area contributed by atoms with Gasteiger partial charge in [0.25, 0.3) is 5.91 Å². The van der Waals surface area contributed by atoms with Crippen molar-refractivity contribution in [3.63, 3.8) is 0 Å². The lowest BCUT2D eigenvalue weighted by Crippen LogP contribution is -2.24. The van der Waals surface area contributed by atoms with Gasteiger partial charge in [-0.15, -0.1) is 0 Å². The third-order valence-electron chi connectivity index (χ3n) is 6.07. The van der Waals surface area contributed by atoms with Crippen LogP contribution in [0.15, 0.2) is 71.7 Å². The number of nitrogens with one attached hydrogen (secondary N) is 1. The average molecular weight is 592 g/mol. The van der Waals surface area contributed by atoms with E-state index < -0.39 is 17.8 Å². The molecule has 0 saturated heterocycles. The number of hydrogen-bond donors (Lipinski definition) is 3. The summed E-state index contributed by atoms with van der Waals surface area (Å²) in [5.74, 6) is -2.26. The van der Waals surface area contributed by atoms with Crippen LogP contribution >= 0.6 is 15.9 Å². The highest BCUT2D eigenvalue weighted by atomic mass is 79.9. The molecule has 0 unspecified atom stereocenters. The van der Waals surface area contributed by atoms with E-state index in [0.717, 1.165) is 4.57 Å². The van der Waals surface area contributed by atoms with E-state index in [1.807, 2.05) is 30.3 Å². The van der Waals surface area contributed by atoms with Gasteiger partial charge < -0.3 is 10.2 Å². The molecule has 4 aromatic rings. The number of hydroxylamine groups is 1. The van der Waals surface area contributed by atoms with E-state index in [-0.39, 0.29) is 23.4 Å². The third-order valence-corrected chi connectivity index (χ3v) is 6.39. The van der Waals surface area contributed by atoms with Gasteiger partial charge in [-0.05, 0) is 48.9 Å². The summed E-state index contributed by atoms with van der Waals surface area (Å²) in [5.41, 5.74) is 5.34. The van der Waals surface area contributed by atoms with Gasteiger partial charge in [-0.3, -0.25) is 14.4 Å². The van der Waals surface area contributed by atoms with Crippen LogP contribution in [0.5, 0.6) is 5.88 Å². The van der Waals surface area contributed by atoms with E-state index in [9.17, 15) is 24.6 Å². The number of amides is 1. The summed E-state index contributed by atoms with van der Waals surface area (Å²) in [6.45, 7) is 3.64. The van der Waals surface area contributed by atoms with Crippen molar-refractivity contribution in [3.8, 4) is 5.88 Å². The predicted molar refractivity (Wildman–Crippen MR) is 152 cm³/mol. The second-order valence-corrected chi connectivity index (χ2v) is 9.41. The first-order valence-electron chi connectivity index (χ1n) is 12.1. The fourth-order valence-electron chi connectivity index (χ4n) is 4.19. The van der Waals surface area contributed by atoms with Crippen LogP contribution in [-0.4, -0.2) is 50.2 Å². The van der Waals surface area contributed by atoms with Crippen molar-refractivity contribution in [3.05, 3.63) is 94.5 Å². The summed E-state index contributed by atoms with van der Waals surface area (Å²) in [5, 5.41) is 22.1. The molecule has 0 fully saturated rings. The molecule has 3 N–H and O–H groups in total. The van der Waals surface area contributed by atoms with E-state index in [1.54, 1.807) is 44.2 Å². The standard InChI is InChI=1S/C29H26BrN3O6/c1-3-24(34)33-23-16-21(29(37)38)17(2)15-22(23)25(28(33)36)26(18-7-5-4-6-8-18)31-20-11-9-19(10-12-20)27(35)32-39-14-13-30/h4-12,15-16,36H,3,13-14H2,1-2H3,(H,32,35)(H,37,38). The van der Waals surface area contributed by atoms with Crippen LogP contribution in [0.4, 0.5) is 5.69 Å². The molecule has 39 heavy (non-hydrogen) atoms. The lowest BCUT2D eigenvalue weighted by atomic mass is 9.98. The number of carboxylic acids is 1. The van der Waals surface area contributed by atoms with Crippen molar-refractivity contribution in [1.82, 2.24) is 10.0 Å². The fourth-order valence-corrected chi connectivity index (χ4v) is 4.36. The maximum absolute atomic E-state index is 12.9. The summed E-state index contributed by atoms with van der Waals surface area (Å²) in [4.78, 5) is 46.9. The Balaban J connectivity index is 1.92. The number of nitrogens with zero attached hydrogens (tertiary/aromatic N) is 2. The molecule has 0 spiro atoms. The minimum absolute atomic E-state index is 0.0314. The molecule has 1 aromatic heterocycles. The minimum atomic E-state index is -1.13. The smallest absolute Gasteiger partial charge is 0.336 e. The topological polar surface area (TPSA) is 130 Å². The number of halogens is 1. The van der Waals surface area contributed by atoms with Crippen molar-refractivity contribution in [1.29, 1.82) is 0 Å². The number of aromatic carboxylic acids is 1. The van der Waals surface area contributed by atoms with Gasteiger partial charge in [-0.1, -0.05) is 53.2 Å². The number of aliphatic imine (C=N–C) groups is 1. The summed E-state index contributed by atoms with van der Waals surface area (Å²) < 4.78 is 1.13. The number of carbonyl (C=O) groups is 3. The lowest BCUT2D eigenvalue weighted by Gasteiger charge is -2.09. The summed E-state index contributed by atoms with van der Waals surface area (Å²) in [7, 11) is 0. The van der Waals surface area contributed by atoms with Gasteiger partial charge in [-0.25, -0.2) is 19.8 Å². The first kappa shape index (κ1) is 27.7. The largest absolute Gasteiger partial charge is 0.494 e. The van der Waals surface area contributed by atoms with E-state index in [1.165, 1.54) is 6.07 Å². The van der Waals surface area contributed by atoms with E-state index in [2.05, 4.69) is 21.4 Å². The Morgan fingerprint density at radius 3 is 2.33 bits per heavy atom. The van der Waals surface area contributed by atoms with Crippen LogP contribution in [0, 0.1) is 6.92 Å². The Hall–Kier alpha value is -4.28. The highest BCUT2D eigenvalue weighted by molar-refractivity contribution is 9.09. The SMILES string of the molecule is CCC(=O)n1c(O)c(C(=Nc2ccc(C(=O)NOCCBr)cc2)c2ccccc2)c2cc(C)c(C(=O)O)cc21. The van der Waals surface area contributed by atoms with Crippen LogP contribution in [-0.2, 0) is 4.84 Å². The second kappa shape index (κ2) is 12.1. The lowest BCUT2D eigenvalue weighted by molar-refractivity contribution is 0.0377. The second-order valence-electron chi connectivity index (χ2n) is 8.61. The van der Waals surface area contributed by atoms with Gasteiger partial charge in [0.1, 0.15) is 0 Å². The molecule has 0 saturated carbocycles. The molecule has 3 aromatic carbocycles. The van der Waals surface area contributed by atoms with Crippen LogP contribution in [0.2, 0.25) is 0 Å². The van der Waals surface area contributed by atoms with Crippen LogP contribution in [0.25, 0.3) is 10.9 Å². The predicted octanol–water partition coefficient (Wildman–Crippen LogP) is 5.63. The van der Waals surface area contributed by atoms with Gasteiger partial charge in [0.05, 0.1) is 34.6 Å². The zero-order chi connectivity index (χ0) is 28.1. The summed E-state index contributed by atoms with van der Waals surface area (Å²) in [6, 6.07) is 18.7. The van der Waals surface area contributed by atoms with Gasteiger partial charge in [0, 0.05) is 28.3 Å². The fraction of sp³-hybridized carbons (Fsp3) is 0.172. The van der Waals surface area contributed by atoms with Crippen molar-refractivity contribution in [2.75, 3.05) is 11.9 Å². The number of aromatic hydroxyl groups is 1. The zero-order valence-electron chi connectivity index (χ0n) is 21.3. The molecule has 4 rings (SSSR count). The first-order chi connectivity index (χ1) is 18.8. The van der Waals surface area contributed by atoms with Gasteiger partial charge in [0.2, 0.25) is 11.8 Å². The minimum Gasteiger partial charge on any atom is -0.494 e. The molecule has 200 valence electrons. The number of aryl methyl sites for hydroxylation is 1. The van der Waals surface area contributed by atoms with Gasteiger partial charge >= 0.3 is 5.97 Å². The molecule has 0 aliphatic heterocycles. The van der Waals surface area contributed by atoms with Crippen molar-refractivity contribution in [2.45, 2.75) is 20.3 Å². The van der Waals surface area contributed by atoms with E-state index in [4.69, 9.17) is 9.83 Å². The maximum Gasteiger partial charge on any atom is 0.336 e. The quantitative estimate of drug-likeness (QED) is 0.100. The van der Waals surface area contributed by atoms with Gasteiger partial charge in [-0.2, -0.15) is 0 Å². The molecule has 1 amide bonds. The first-order valence-corrected chi connectivity index (χ1v) is 13.3. The van der Waals surface area contributed by atoms with Crippen molar-refractivity contribution in [2.24, 2.45) is 4.99 Å². The van der Waals surface area contributed by atoms with E-state index in [0.29, 0.717) is 51.0 Å². The highest BCUT2D eigenvalue weighted by Crippen LogP contribution is 2.36. The molecule has 1 heterocycles. The Labute approximate surface area is 232 Å². The third kappa shape index (κ3) is 5.76. The summed E-state index contributed by atoms with van der Waals surface area (Å²) >= 11 is 3.22. The molecular weight excluding hydrogens is 566 g/mol. The number of carbonyl (C=O) groups excluding carboxylic acids is 2. The molecule has 10 heteroatoms. The van der Waals surface area contributed by atoms with Crippen molar-refractivity contribution >= 4 is 56.0 Å². The Morgan fingerprint density at radius 2 is 1.72 bits per heavy atom. The van der Waals surface area contributed by atoms with E-state index >= 15 is 0 Å². The van der Waals surface area contributed by atoms with Crippen molar-refractivity contribution < 1.29 is 29.4 Å². The molecule has 0 bridgehead atoms. The van der Waals surface area contributed by atoms with Crippen LogP contribution < -0.4 is 5.48 Å². The Morgan fingerprint density at radius 1 is 1.03 bits per heavy atom. The molecule has 0 aliphatic rings. The van der Waals surface area contributed by atoms with Crippen LogP contribution in [0.1, 0.15) is 55.5 Å². The number of hydrogen-bond acceptors (Lipinski definition) is 6. The summed E-state index contributed by atoms with van der Waals surface area (Å²) in [6.07, 6.45) is 0.0910. The normalized spacial score (nSPS) is 11.5. The maximum atomic E-state index is 12.9. The number of aromatic nitrogens is 1. The number of benzene rings is 3.